The molecule has 3 N–H and O–H groups in total. The van der Waals surface area contributed by atoms with Crippen LogP contribution in [0.15, 0.2) is 164 Å². The Morgan fingerprint density at radius 2 is 1.28 bits per heavy atom. The van der Waals surface area contributed by atoms with Gasteiger partial charge in [-0.05, 0) is 83.6 Å². The third kappa shape index (κ3) is 8.59. The van der Waals surface area contributed by atoms with Gasteiger partial charge in [-0.2, -0.15) is 0 Å². The van der Waals surface area contributed by atoms with Gasteiger partial charge in [0.1, 0.15) is 11.1 Å². The zero-order valence-corrected chi connectivity index (χ0v) is 33.9. The van der Waals surface area contributed by atoms with Crippen LogP contribution < -0.4 is 10.6 Å². The van der Waals surface area contributed by atoms with Crippen molar-refractivity contribution in [2.45, 2.75) is 63.3 Å². The van der Waals surface area contributed by atoms with Gasteiger partial charge in [0.15, 0.2) is 17.2 Å². The van der Waals surface area contributed by atoms with Gasteiger partial charge < -0.3 is 33.2 Å². The number of aromatic amines is 1. The van der Waals surface area contributed by atoms with Gasteiger partial charge in [-0.25, -0.2) is 0 Å². The molecule has 2 aromatic heterocycles. The first-order chi connectivity index (χ1) is 29.7. The number of allylic oxidation sites excluding steroid dienone is 2. The lowest BCUT2D eigenvalue weighted by atomic mass is 9.65. The molecule has 0 atom stereocenters. The predicted octanol–water partition coefficient (Wildman–Crippen LogP) is 9.60. The molecule has 0 fully saturated rings. The van der Waals surface area contributed by atoms with Gasteiger partial charge in [0, 0.05) is 61.6 Å². The molecule has 6 aromatic rings. The number of Topliss-reactive ketones (excluding diaryl/α,β-unsaturated/α-hetero) is 1. The molecule has 0 bridgehead atoms. The molecule has 2 aliphatic rings. The van der Waals surface area contributed by atoms with E-state index in [1.54, 1.807) is 60.8 Å². The number of unbranched alkanes of at least 4 members (excludes halogenated alkanes) is 3. The molecule has 0 saturated heterocycles. The number of anilines is 1. The molecule has 8 rings (SSSR count). The molecule has 0 radical (unpaired) electrons. The van der Waals surface area contributed by atoms with E-state index in [0.717, 1.165) is 50.5 Å². The Morgan fingerprint density at radius 3 is 1.89 bits per heavy atom. The summed E-state index contributed by atoms with van der Waals surface area (Å²) in [5.74, 6) is -0.179. The Labute approximate surface area is 354 Å². The van der Waals surface area contributed by atoms with Gasteiger partial charge in [-0.3, -0.25) is 14.4 Å². The van der Waals surface area contributed by atoms with Crippen molar-refractivity contribution in [1.29, 1.82) is 0 Å². The Kier molecular flexibility index (Phi) is 12.2. The first-order valence-electron chi connectivity index (χ1n) is 21.0. The van der Waals surface area contributed by atoms with Crippen LogP contribution in [0, 0.1) is 0 Å². The molecule has 8 nitrogen and oxygen atoms in total. The lowest BCUT2D eigenvalue weighted by Crippen LogP contribution is -2.51. The summed E-state index contributed by atoms with van der Waals surface area (Å²) in [6.07, 6.45) is 10.9. The van der Waals surface area contributed by atoms with Crippen molar-refractivity contribution in [2.24, 2.45) is 0 Å². The van der Waals surface area contributed by atoms with Crippen LogP contribution in [0.3, 0.4) is 0 Å². The van der Waals surface area contributed by atoms with Crippen LogP contribution in [0.4, 0.5) is 14.3 Å². The van der Waals surface area contributed by atoms with Crippen LogP contribution in [0.25, 0.3) is 6.08 Å². The van der Waals surface area contributed by atoms with E-state index in [-0.39, 0.29) is 37.0 Å². The number of fused-ring (bicyclic) bond motifs is 2. The Balaban J connectivity index is 0.776. The normalized spacial score (nSPS) is 14.0. The number of rotatable bonds is 18. The third-order valence-electron chi connectivity index (χ3n) is 11.7. The molecule has 0 saturated carbocycles. The second-order valence-electron chi connectivity index (χ2n) is 15.7. The highest BCUT2D eigenvalue weighted by Crippen LogP contribution is 2.41. The van der Waals surface area contributed by atoms with Gasteiger partial charge in [0.05, 0.1) is 0 Å². The maximum atomic E-state index is 16.1. The fraction of sp³-hybridized carbons (Fsp3) is 0.200. The van der Waals surface area contributed by atoms with E-state index in [1.807, 2.05) is 103 Å². The van der Waals surface area contributed by atoms with E-state index in [4.69, 9.17) is 0 Å². The number of nitrogens with zero attached hydrogens (tertiary/aromatic N) is 2. The standard InChI is InChI=1S/C50H48BF2N5O3/c52-51(53)57-42(28-29-43(57)35-44-30-32-46(58(44)51)45-21-14-34-54-45)31-33-48(60)55-36-37-24-26-41(27-25-37)56-49(61)23-13-2-1-12-22-47(59)50(38-15-6-3-7-16-38,39-17-8-4-9-18-39)40-19-10-5-11-20-40/h3-11,14-21,24-30,32,34-35,54H,1-2,12-13,22-23,31,33,36H2,(H,55,60)(H,56,61). The average molecular weight is 816 g/mol. The summed E-state index contributed by atoms with van der Waals surface area (Å²) in [6, 6.07) is 44.2. The van der Waals surface area contributed by atoms with Crippen LogP contribution in [-0.4, -0.2) is 44.2 Å². The van der Waals surface area contributed by atoms with Crippen LogP contribution in [0.5, 0.6) is 0 Å². The first-order valence-corrected chi connectivity index (χ1v) is 21.0. The minimum absolute atomic E-state index is 0.0535. The summed E-state index contributed by atoms with van der Waals surface area (Å²) in [5.41, 5.74) is 5.68. The largest absolute Gasteiger partial charge is 0.737 e. The minimum atomic E-state index is -4.18. The molecule has 2 amide bonds. The molecule has 4 heterocycles. The number of carbonyl (C=O) groups is 3. The van der Waals surface area contributed by atoms with Crippen molar-refractivity contribution in [3.63, 3.8) is 0 Å². The van der Waals surface area contributed by atoms with E-state index in [2.05, 4.69) is 15.6 Å². The predicted molar refractivity (Wildman–Crippen MR) is 237 cm³/mol. The number of benzene rings is 4. The Bertz CT molecular complexity index is 2490. The summed E-state index contributed by atoms with van der Waals surface area (Å²) in [6.45, 7) is -3.91. The van der Waals surface area contributed by atoms with Crippen LogP contribution >= 0.6 is 0 Å². The van der Waals surface area contributed by atoms with E-state index < -0.39 is 12.4 Å². The molecule has 308 valence electrons. The third-order valence-corrected chi connectivity index (χ3v) is 11.7. The molecule has 2 aliphatic heterocycles. The van der Waals surface area contributed by atoms with Gasteiger partial charge in [-0.1, -0.05) is 116 Å². The second kappa shape index (κ2) is 18.2. The molecule has 4 aromatic carbocycles. The van der Waals surface area contributed by atoms with E-state index in [9.17, 15) is 14.4 Å². The van der Waals surface area contributed by atoms with Crippen molar-refractivity contribution in [3.8, 4) is 0 Å². The first kappa shape index (κ1) is 40.9. The zero-order valence-electron chi connectivity index (χ0n) is 33.9. The van der Waals surface area contributed by atoms with Gasteiger partial charge in [-0.15, -0.1) is 0 Å². The molecule has 11 heteroatoms. The highest BCUT2D eigenvalue weighted by Gasteiger charge is 2.52. The zero-order chi connectivity index (χ0) is 42.2. The number of aryl methyl sites for hydroxylation is 1. The number of hydrogen-bond donors (Lipinski definition) is 3. The maximum absolute atomic E-state index is 16.1. The molecular weight excluding hydrogens is 767 g/mol. The monoisotopic (exact) mass is 815 g/mol. The van der Waals surface area contributed by atoms with Crippen molar-refractivity contribution < 1.29 is 27.5 Å². The topological polar surface area (TPSA) is 99.0 Å². The average Bonchev–Trinajstić information content (AvgIpc) is 4.07. The second-order valence-corrected chi connectivity index (χ2v) is 15.7. The number of aromatic nitrogens is 2. The van der Waals surface area contributed by atoms with Crippen LogP contribution in [0.1, 0.15) is 84.3 Å². The molecule has 0 aliphatic carbocycles. The quantitative estimate of drug-likeness (QED) is 0.0458. The highest BCUT2D eigenvalue weighted by atomic mass is 19.2. The fourth-order valence-electron chi connectivity index (χ4n) is 8.73. The summed E-state index contributed by atoms with van der Waals surface area (Å²) >= 11 is 0. The number of amides is 2. The van der Waals surface area contributed by atoms with Crippen molar-refractivity contribution >= 4 is 42.0 Å². The van der Waals surface area contributed by atoms with Crippen molar-refractivity contribution in [2.75, 3.05) is 5.32 Å². The summed E-state index contributed by atoms with van der Waals surface area (Å²) in [7, 11) is 0. The number of nitrogens with one attached hydrogen (secondary N) is 3. The smallest absolute Gasteiger partial charge is 0.394 e. The number of ketones is 1. The van der Waals surface area contributed by atoms with Gasteiger partial charge >= 0.3 is 6.97 Å². The Hall–Kier alpha value is -6.88. The molecule has 0 unspecified atom stereocenters. The Morgan fingerprint density at radius 1 is 0.656 bits per heavy atom. The van der Waals surface area contributed by atoms with Crippen LogP contribution in [0.2, 0.25) is 0 Å². The SMILES string of the molecule is O=C(CCc1ccc2n1[B-](F)(F)[N+]1=C(c3ccc[nH]3)C=CC1=C2)NCc1ccc(NC(=O)CCCCCCC(=O)C(c2ccccc2)(c2ccccc2)c2ccccc2)cc1. The molecule has 0 spiro atoms. The van der Waals surface area contributed by atoms with Crippen molar-refractivity contribution in [3.05, 3.63) is 203 Å². The molecule has 61 heavy (non-hydrogen) atoms. The number of halogens is 2. The van der Waals surface area contributed by atoms with Gasteiger partial charge in [0.25, 0.3) is 0 Å². The van der Waals surface area contributed by atoms with E-state index in [1.165, 1.54) is 0 Å². The summed E-state index contributed by atoms with van der Waals surface area (Å²) in [4.78, 5) is 43.1. The highest BCUT2D eigenvalue weighted by molar-refractivity contribution is 6.58. The maximum Gasteiger partial charge on any atom is 0.737 e. The summed E-state index contributed by atoms with van der Waals surface area (Å²) in [5, 5.41) is 5.84. The number of carbonyl (C=O) groups excluding carboxylic acids is 3. The van der Waals surface area contributed by atoms with Gasteiger partial charge in [0.2, 0.25) is 11.8 Å². The minimum Gasteiger partial charge on any atom is -0.394 e. The number of hydrogen-bond acceptors (Lipinski definition) is 3. The van der Waals surface area contributed by atoms with Crippen molar-refractivity contribution in [1.82, 2.24) is 14.8 Å². The van der Waals surface area contributed by atoms with E-state index >= 15 is 8.63 Å². The van der Waals surface area contributed by atoms with Crippen LogP contribution in [-0.2, 0) is 32.8 Å². The fourth-order valence-corrected chi connectivity index (χ4v) is 8.73. The lowest BCUT2D eigenvalue weighted by molar-refractivity contribution is -0.360. The lowest BCUT2D eigenvalue weighted by Gasteiger charge is -2.34. The molecular formula is C50H48BF2N5O3. The number of H-pyrrole nitrogens is 1. The summed E-state index contributed by atoms with van der Waals surface area (Å²) < 4.78 is 34.3. The van der Waals surface area contributed by atoms with E-state index in [0.29, 0.717) is 53.4 Å².